The number of hydrogen-bond acceptors (Lipinski definition) is 6. The van der Waals surface area contributed by atoms with Crippen LogP contribution in [-0.2, 0) is 32.6 Å². The van der Waals surface area contributed by atoms with Crippen LogP contribution in [0.15, 0.2) is 89.8 Å². The van der Waals surface area contributed by atoms with E-state index in [2.05, 4.69) is 35.2 Å². The maximum atomic E-state index is 13.6. The molecule has 10 heteroatoms. The van der Waals surface area contributed by atoms with Crippen molar-refractivity contribution in [2.45, 2.75) is 37.6 Å². The van der Waals surface area contributed by atoms with Gasteiger partial charge in [-0.25, -0.2) is 21.9 Å². The smallest absolute Gasteiger partial charge is 0.264 e. The molecule has 45 heavy (non-hydrogen) atoms. The number of benzene rings is 4. The zero-order valence-corrected chi connectivity index (χ0v) is 25.7. The van der Waals surface area contributed by atoms with Gasteiger partial charge in [-0.05, 0) is 85.1 Å². The SMILES string of the molecule is CC(=O)C1CCN(Cc2ccc(C=CC(=O)NS(=O)(=O)c3ccc(F)c(F)c3)c(OCCc3ccc4ccccc4c3)c2)CC1. The van der Waals surface area contributed by atoms with Gasteiger partial charge in [-0.3, -0.25) is 14.5 Å². The number of amides is 1. The largest absolute Gasteiger partial charge is 0.493 e. The van der Waals surface area contributed by atoms with Gasteiger partial charge in [-0.15, -0.1) is 0 Å². The molecule has 1 fully saturated rings. The van der Waals surface area contributed by atoms with E-state index >= 15 is 0 Å². The molecule has 5 rings (SSSR count). The Hall–Kier alpha value is -4.41. The molecule has 4 aromatic carbocycles. The molecule has 1 saturated heterocycles. The van der Waals surface area contributed by atoms with Crippen LogP contribution in [-0.4, -0.2) is 44.7 Å². The number of sulfonamides is 1. The number of nitrogens with one attached hydrogen (secondary N) is 1. The van der Waals surface area contributed by atoms with E-state index in [0.29, 0.717) is 43.0 Å². The lowest BCUT2D eigenvalue weighted by Crippen LogP contribution is -2.35. The Morgan fingerprint density at radius 2 is 1.64 bits per heavy atom. The molecule has 0 radical (unpaired) electrons. The first-order valence-corrected chi connectivity index (χ1v) is 16.2. The van der Waals surface area contributed by atoms with Crippen molar-refractivity contribution in [3.8, 4) is 5.75 Å². The second kappa shape index (κ2) is 14.1. The molecule has 0 saturated carbocycles. The van der Waals surface area contributed by atoms with E-state index in [9.17, 15) is 26.8 Å². The van der Waals surface area contributed by atoms with E-state index in [1.165, 1.54) is 6.08 Å². The van der Waals surface area contributed by atoms with E-state index in [1.807, 2.05) is 29.0 Å². The number of likely N-dealkylation sites (tertiary alicyclic amines) is 1. The number of hydrogen-bond donors (Lipinski definition) is 1. The monoisotopic (exact) mass is 632 g/mol. The first kappa shape index (κ1) is 32.0. The third kappa shape index (κ3) is 8.40. The Kier molecular flexibility index (Phi) is 10.0. The number of fused-ring (bicyclic) bond motifs is 1. The van der Waals surface area contributed by atoms with E-state index in [1.54, 1.807) is 13.0 Å². The van der Waals surface area contributed by atoms with Crippen molar-refractivity contribution in [2.75, 3.05) is 19.7 Å². The molecular weight excluding hydrogens is 598 g/mol. The lowest BCUT2D eigenvalue weighted by Gasteiger charge is -2.30. The summed E-state index contributed by atoms with van der Waals surface area (Å²) in [5, 5.41) is 2.29. The summed E-state index contributed by atoms with van der Waals surface area (Å²) in [7, 11) is -4.42. The molecule has 1 aliphatic rings. The number of carbonyl (C=O) groups excluding carboxylic acids is 2. The molecule has 0 atom stereocenters. The normalized spacial score (nSPS) is 14.6. The van der Waals surface area contributed by atoms with Gasteiger partial charge >= 0.3 is 0 Å². The lowest BCUT2D eigenvalue weighted by atomic mass is 9.93. The minimum absolute atomic E-state index is 0.111. The van der Waals surface area contributed by atoms with Crippen LogP contribution in [0.3, 0.4) is 0 Å². The molecule has 0 aromatic heterocycles. The average Bonchev–Trinajstić information content (AvgIpc) is 3.02. The number of carbonyl (C=O) groups is 2. The highest BCUT2D eigenvalue weighted by atomic mass is 32.2. The van der Waals surface area contributed by atoms with Gasteiger partial charge in [0.15, 0.2) is 11.6 Å². The zero-order chi connectivity index (χ0) is 32.0. The topological polar surface area (TPSA) is 92.8 Å². The van der Waals surface area contributed by atoms with E-state index in [0.717, 1.165) is 60.0 Å². The van der Waals surface area contributed by atoms with Gasteiger partial charge in [0, 0.05) is 30.5 Å². The molecule has 1 aliphatic heterocycles. The van der Waals surface area contributed by atoms with Crippen molar-refractivity contribution in [3.63, 3.8) is 0 Å². The van der Waals surface area contributed by atoms with Crippen LogP contribution >= 0.6 is 0 Å². The molecule has 1 N–H and O–H groups in total. The van der Waals surface area contributed by atoms with E-state index in [-0.39, 0.29) is 11.7 Å². The number of ether oxygens (including phenoxy) is 1. The standard InChI is InChI=1S/C35H34F2N2O5S/c1-24(40)27-14-17-39(18-15-27)23-26-7-9-29(10-13-35(41)38-45(42,43)31-11-12-32(36)33(37)22-31)34(21-26)44-19-16-25-6-8-28-4-2-3-5-30(28)20-25/h2-13,20-22,27H,14-19,23H2,1H3,(H,38,41). The highest BCUT2D eigenvalue weighted by Gasteiger charge is 2.23. The van der Waals surface area contributed by atoms with Gasteiger partial charge in [0.05, 0.1) is 11.5 Å². The summed E-state index contributed by atoms with van der Waals surface area (Å²) in [6.45, 7) is 4.31. The lowest BCUT2D eigenvalue weighted by molar-refractivity contribution is -0.122. The Morgan fingerprint density at radius 3 is 2.38 bits per heavy atom. The van der Waals surface area contributed by atoms with E-state index < -0.39 is 32.5 Å². The van der Waals surface area contributed by atoms with Crippen LogP contribution in [0, 0.1) is 17.6 Å². The van der Waals surface area contributed by atoms with Gasteiger partial charge < -0.3 is 4.74 Å². The quantitative estimate of drug-likeness (QED) is 0.202. The van der Waals surface area contributed by atoms with Gasteiger partial charge in [0.25, 0.3) is 15.9 Å². The van der Waals surface area contributed by atoms with Crippen molar-refractivity contribution in [2.24, 2.45) is 5.92 Å². The Labute approximate surface area is 261 Å². The third-order valence-electron chi connectivity index (χ3n) is 7.96. The van der Waals surface area contributed by atoms with Crippen molar-refractivity contribution < 1.29 is 31.5 Å². The fourth-order valence-corrected chi connectivity index (χ4v) is 6.36. The summed E-state index contributed by atoms with van der Waals surface area (Å²) in [6.07, 6.45) is 4.80. The van der Waals surface area contributed by atoms with Crippen LogP contribution < -0.4 is 9.46 Å². The maximum Gasteiger partial charge on any atom is 0.264 e. The minimum atomic E-state index is -4.42. The average molecular weight is 633 g/mol. The predicted molar refractivity (Wildman–Crippen MR) is 169 cm³/mol. The minimum Gasteiger partial charge on any atom is -0.493 e. The second-order valence-electron chi connectivity index (χ2n) is 11.2. The van der Waals surface area contributed by atoms with Crippen LogP contribution in [0.4, 0.5) is 8.78 Å². The summed E-state index contributed by atoms with van der Waals surface area (Å²) < 4.78 is 60.0. The van der Waals surface area contributed by atoms with Crippen molar-refractivity contribution in [3.05, 3.63) is 113 Å². The van der Waals surface area contributed by atoms with Gasteiger partial charge in [-0.2, -0.15) is 0 Å². The maximum absolute atomic E-state index is 13.6. The van der Waals surface area contributed by atoms with Gasteiger partial charge in [-0.1, -0.05) is 54.6 Å². The summed E-state index contributed by atoms with van der Waals surface area (Å²) in [5.41, 5.74) is 2.67. The fourth-order valence-electron chi connectivity index (χ4n) is 5.40. The molecule has 1 heterocycles. The van der Waals surface area contributed by atoms with Crippen LogP contribution in [0.25, 0.3) is 16.8 Å². The molecule has 0 spiro atoms. The van der Waals surface area contributed by atoms with Crippen LogP contribution in [0.2, 0.25) is 0 Å². The number of Topliss-reactive ketones (excluding diaryl/α,β-unsaturated/α-hetero) is 1. The first-order valence-electron chi connectivity index (χ1n) is 14.7. The second-order valence-corrected chi connectivity index (χ2v) is 12.9. The molecule has 0 unspecified atom stereocenters. The van der Waals surface area contributed by atoms with Crippen molar-refractivity contribution in [1.29, 1.82) is 0 Å². The highest BCUT2D eigenvalue weighted by molar-refractivity contribution is 7.90. The summed E-state index contributed by atoms with van der Waals surface area (Å²) in [6, 6.07) is 22.1. The van der Waals surface area contributed by atoms with Crippen LogP contribution in [0.5, 0.6) is 5.75 Å². The van der Waals surface area contributed by atoms with Crippen LogP contribution in [0.1, 0.15) is 36.5 Å². The Bertz CT molecular complexity index is 1850. The molecule has 7 nitrogen and oxygen atoms in total. The number of halogens is 2. The summed E-state index contributed by atoms with van der Waals surface area (Å²) in [5.74, 6) is -2.62. The first-order chi connectivity index (χ1) is 21.6. The molecule has 234 valence electrons. The van der Waals surface area contributed by atoms with Crippen molar-refractivity contribution in [1.82, 2.24) is 9.62 Å². The molecular formula is C35H34F2N2O5S. The number of piperidine rings is 1. The van der Waals surface area contributed by atoms with E-state index in [4.69, 9.17) is 4.74 Å². The Morgan fingerprint density at radius 1 is 0.911 bits per heavy atom. The summed E-state index contributed by atoms with van der Waals surface area (Å²) in [4.78, 5) is 26.0. The number of nitrogens with zero attached hydrogens (tertiary/aromatic N) is 1. The highest BCUT2D eigenvalue weighted by Crippen LogP contribution is 2.26. The number of rotatable bonds is 11. The summed E-state index contributed by atoms with van der Waals surface area (Å²) >= 11 is 0. The van der Waals surface area contributed by atoms with Gasteiger partial charge in [0.1, 0.15) is 11.5 Å². The Balaban J connectivity index is 1.30. The fraction of sp³-hybridized carbons (Fsp3) is 0.257. The number of ketones is 1. The molecule has 1 amide bonds. The molecule has 0 aliphatic carbocycles. The van der Waals surface area contributed by atoms with Gasteiger partial charge in [0.2, 0.25) is 0 Å². The molecule has 0 bridgehead atoms. The van der Waals surface area contributed by atoms with Crippen molar-refractivity contribution >= 4 is 38.6 Å². The zero-order valence-electron chi connectivity index (χ0n) is 24.8. The third-order valence-corrected chi connectivity index (χ3v) is 9.30. The molecule has 4 aromatic rings. The predicted octanol–water partition coefficient (Wildman–Crippen LogP) is 6.06.